The molecule has 3 rings (SSSR count). The molecule has 0 unspecified atom stereocenters. The summed E-state index contributed by atoms with van der Waals surface area (Å²) in [6, 6.07) is 15.7. The second-order valence-electron chi connectivity index (χ2n) is 5.68. The Hall–Kier alpha value is -2.90. The van der Waals surface area contributed by atoms with Gasteiger partial charge in [-0.05, 0) is 36.4 Å². The van der Waals surface area contributed by atoms with Crippen molar-refractivity contribution >= 4 is 34.8 Å². The lowest BCUT2D eigenvalue weighted by Crippen LogP contribution is -2.30. The maximum absolute atomic E-state index is 11.9. The Kier molecular flexibility index (Phi) is 7.00. The fourth-order valence-electron chi connectivity index (χ4n) is 2.21. The van der Waals surface area contributed by atoms with Crippen LogP contribution in [0.2, 0.25) is 5.02 Å². The van der Waals surface area contributed by atoms with E-state index in [1.54, 1.807) is 53.9 Å². The number of esters is 1. The summed E-state index contributed by atoms with van der Waals surface area (Å²) in [5.74, 6) is -0.161. The molecule has 0 atom stereocenters. The number of rotatable bonds is 8. The summed E-state index contributed by atoms with van der Waals surface area (Å²) >= 11 is 7.25. The Bertz CT molecular complexity index is 929. The van der Waals surface area contributed by atoms with Gasteiger partial charge in [0.25, 0.3) is 5.91 Å². The lowest BCUT2D eigenvalue weighted by Gasteiger charge is -2.05. The average molecular weight is 417 g/mol. The van der Waals surface area contributed by atoms with Crippen molar-refractivity contribution in [3.63, 3.8) is 0 Å². The Morgan fingerprint density at radius 3 is 2.54 bits per heavy atom. The highest BCUT2D eigenvalue weighted by Gasteiger charge is 2.10. The van der Waals surface area contributed by atoms with E-state index in [2.05, 4.69) is 10.3 Å². The highest BCUT2D eigenvalue weighted by Crippen LogP contribution is 2.18. The molecule has 0 saturated heterocycles. The number of nitrogens with zero attached hydrogens (tertiary/aromatic N) is 1. The van der Waals surface area contributed by atoms with E-state index >= 15 is 0 Å². The van der Waals surface area contributed by atoms with Gasteiger partial charge in [-0.25, -0.2) is 4.98 Å². The topological polar surface area (TPSA) is 77.5 Å². The van der Waals surface area contributed by atoms with Crippen molar-refractivity contribution < 1.29 is 19.1 Å². The van der Waals surface area contributed by atoms with Gasteiger partial charge in [-0.15, -0.1) is 11.3 Å². The van der Waals surface area contributed by atoms with Gasteiger partial charge in [-0.2, -0.15) is 0 Å². The lowest BCUT2D eigenvalue weighted by atomic mass is 10.2. The fourth-order valence-corrected chi connectivity index (χ4v) is 3.02. The van der Waals surface area contributed by atoms with E-state index in [0.29, 0.717) is 28.6 Å². The number of carbonyl (C=O) groups excluding carboxylic acids is 2. The van der Waals surface area contributed by atoms with Gasteiger partial charge in [-0.1, -0.05) is 29.8 Å². The molecule has 2 aromatic carbocycles. The third kappa shape index (κ3) is 6.07. The first-order valence-corrected chi connectivity index (χ1v) is 9.66. The number of aromatic nitrogens is 1. The smallest absolute Gasteiger partial charge is 0.325 e. The molecular weight excluding hydrogens is 400 g/mol. The molecule has 0 radical (unpaired) electrons. The number of benzene rings is 2. The van der Waals surface area contributed by atoms with Gasteiger partial charge in [0.1, 0.15) is 30.5 Å². The second kappa shape index (κ2) is 9.87. The highest BCUT2D eigenvalue weighted by molar-refractivity contribution is 7.09. The number of carbonyl (C=O) groups is 2. The van der Waals surface area contributed by atoms with Crippen LogP contribution < -0.4 is 10.1 Å². The van der Waals surface area contributed by atoms with Crippen molar-refractivity contribution in [2.75, 3.05) is 6.54 Å². The molecule has 1 amide bonds. The Labute approximate surface area is 171 Å². The summed E-state index contributed by atoms with van der Waals surface area (Å²) in [7, 11) is 0. The first-order valence-electron chi connectivity index (χ1n) is 8.40. The van der Waals surface area contributed by atoms with E-state index in [-0.39, 0.29) is 19.1 Å². The molecule has 0 aliphatic rings. The summed E-state index contributed by atoms with van der Waals surface area (Å²) in [6.07, 6.45) is 0. The van der Waals surface area contributed by atoms with Crippen molar-refractivity contribution in [2.24, 2.45) is 0 Å². The van der Waals surface area contributed by atoms with Crippen molar-refractivity contribution in [1.29, 1.82) is 0 Å². The molecule has 0 fully saturated rings. The standard InChI is InChI=1S/C20H17ClN2O4S/c21-15-6-8-17(9-7-15)26-12-18-23-16(13-28-18)11-27-19(24)10-22-20(25)14-4-2-1-3-5-14/h1-9,13H,10-12H2,(H,22,25). The maximum atomic E-state index is 11.9. The summed E-state index contributed by atoms with van der Waals surface area (Å²) in [5.41, 5.74) is 1.11. The van der Waals surface area contributed by atoms with E-state index in [1.807, 2.05) is 6.07 Å². The van der Waals surface area contributed by atoms with Crippen LogP contribution in [0.1, 0.15) is 21.1 Å². The summed E-state index contributed by atoms with van der Waals surface area (Å²) in [6.45, 7) is 0.148. The largest absolute Gasteiger partial charge is 0.486 e. The highest BCUT2D eigenvalue weighted by atomic mass is 35.5. The lowest BCUT2D eigenvalue weighted by molar-refractivity contribution is -0.143. The van der Waals surface area contributed by atoms with E-state index in [9.17, 15) is 9.59 Å². The van der Waals surface area contributed by atoms with E-state index < -0.39 is 5.97 Å². The third-order valence-electron chi connectivity index (χ3n) is 3.59. The van der Waals surface area contributed by atoms with Crippen LogP contribution in [-0.2, 0) is 22.7 Å². The molecule has 0 aliphatic carbocycles. The first kappa shape index (κ1) is 19.9. The van der Waals surface area contributed by atoms with Gasteiger partial charge >= 0.3 is 5.97 Å². The van der Waals surface area contributed by atoms with E-state index in [0.717, 1.165) is 5.01 Å². The summed E-state index contributed by atoms with van der Waals surface area (Å²) < 4.78 is 10.8. The van der Waals surface area contributed by atoms with Crippen LogP contribution in [0, 0.1) is 0 Å². The molecule has 8 heteroatoms. The van der Waals surface area contributed by atoms with Gasteiger partial charge in [0, 0.05) is 16.0 Å². The molecule has 1 heterocycles. The molecule has 0 aliphatic heterocycles. The zero-order valence-corrected chi connectivity index (χ0v) is 16.3. The van der Waals surface area contributed by atoms with Crippen LogP contribution in [0.3, 0.4) is 0 Å². The van der Waals surface area contributed by atoms with Gasteiger partial charge < -0.3 is 14.8 Å². The quantitative estimate of drug-likeness (QED) is 0.564. The normalized spacial score (nSPS) is 10.3. The Morgan fingerprint density at radius 1 is 1.04 bits per heavy atom. The minimum atomic E-state index is -0.531. The predicted molar refractivity (Wildman–Crippen MR) is 106 cm³/mol. The van der Waals surface area contributed by atoms with Crippen molar-refractivity contribution in [3.05, 3.63) is 81.3 Å². The number of hydrogen-bond donors (Lipinski definition) is 1. The maximum Gasteiger partial charge on any atom is 0.325 e. The molecule has 144 valence electrons. The van der Waals surface area contributed by atoms with Gasteiger partial charge in [0.05, 0.1) is 5.69 Å². The van der Waals surface area contributed by atoms with Crippen LogP contribution >= 0.6 is 22.9 Å². The Balaban J connectivity index is 1.39. The molecule has 28 heavy (non-hydrogen) atoms. The van der Waals surface area contributed by atoms with Crippen molar-refractivity contribution in [3.8, 4) is 5.75 Å². The fraction of sp³-hybridized carbons (Fsp3) is 0.150. The van der Waals surface area contributed by atoms with Crippen LogP contribution in [-0.4, -0.2) is 23.4 Å². The molecule has 6 nitrogen and oxygen atoms in total. The number of nitrogens with one attached hydrogen (secondary N) is 1. The number of amides is 1. The number of ether oxygens (including phenoxy) is 2. The van der Waals surface area contributed by atoms with Crippen LogP contribution in [0.5, 0.6) is 5.75 Å². The van der Waals surface area contributed by atoms with Gasteiger partial charge in [0.2, 0.25) is 0 Å². The van der Waals surface area contributed by atoms with E-state index in [4.69, 9.17) is 21.1 Å². The number of thiazole rings is 1. The third-order valence-corrected chi connectivity index (χ3v) is 4.71. The van der Waals surface area contributed by atoms with Crippen LogP contribution in [0.25, 0.3) is 0 Å². The first-order chi connectivity index (χ1) is 13.6. The monoisotopic (exact) mass is 416 g/mol. The minimum absolute atomic E-state index is 0.0392. The minimum Gasteiger partial charge on any atom is -0.486 e. The van der Waals surface area contributed by atoms with E-state index in [1.165, 1.54) is 11.3 Å². The van der Waals surface area contributed by atoms with Crippen LogP contribution in [0.4, 0.5) is 0 Å². The molecular formula is C20H17ClN2O4S. The summed E-state index contributed by atoms with van der Waals surface area (Å²) in [4.78, 5) is 28.0. The zero-order chi connectivity index (χ0) is 19.8. The van der Waals surface area contributed by atoms with Crippen molar-refractivity contribution in [1.82, 2.24) is 10.3 Å². The summed E-state index contributed by atoms with van der Waals surface area (Å²) in [5, 5.41) is 5.73. The predicted octanol–water partition coefficient (Wildman–Crippen LogP) is 3.85. The molecule has 1 N–H and O–H groups in total. The average Bonchev–Trinajstić information content (AvgIpc) is 3.18. The number of halogens is 1. The SMILES string of the molecule is O=C(CNC(=O)c1ccccc1)OCc1csc(COc2ccc(Cl)cc2)n1. The molecule has 1 aromatic heterocycles. The second-order valence-corrected chi connectivity index (χ2v) is 7.06. The van der Waals surface area contributed by atoms with Crippen molar-refractivity contribution in [2.45, 2.75) is 13.2 Å². The van der Waals surface area contributed by atoms with Crippen LogP contribution in [0.15, 0.2) is 60.0 Å². The molecule has 0 bridgehead atoms. The molecule has 0 spiro atoms. The molecule has 0 saturated carbocycles. The molecule has 3 aromatic rings. The van der Waals surface area contributed by atoms with Gasteiger partial charge in [0.15, 0.2) is 0 Å². The zero-order valence-electron chi connectivity index (χ0n) is 14.8. The van der Waals surface area contributed by atoms with Gasteiger partial charge in [-0.3, -0.25) is 9.59 Å². The number of hydrogen-bond acceptors (Lipinski definition) is 6. The Morgan fingerprint density at radius 2 is 1.79 bits per heavy atom.